The Kier molecular flexibility index (Phi) is 2.04. The van der Waals surface area contributed by atoms with Crippen LogP contribution in [0.4, 0.5) is 5.69 Å². The summed E-state index contributed by atoms with van der Waals surface area (Å²) in [5.74, 6) is 0.823. The molecule has 2 heterocycles. The minimum Gasteiger partial charge on any atom is -0.497 e. The first-order chi connectivity index (χ1) is 8.29. The average molecular weight is 228 g/mol. The number of H-pyrrole nitrogens is 2. The largest absolute Gasteiger partial charge is 0.497 e. The van der Waals surface area contributed by atoms with Gasteiger partial charge in [-0.2, -0.15) is 5.10 Å². The minimum atomic E-state index is 0.640. The number of nitrogens with two attached hydrogens (primary N) is 1. The highest BCUT2D eigenvalue weighted by molar-refractivity contribution is 5.97. The van der Waals surface area contributed by atoms with Gasteiger partial charge in [-0.15, -0.1) is 0 Å². The minimum absolute atomic E-state index is 0.640. The molecule has 86 valence electrons. The molecule has 0 aliphatic carbocycles. The summed E-state index contributed by atoms with van der Waals surface area (Å²) >= 11 is 0. The number of ether oxygens (including phenoxy) is 1. The Labute approximate surface area is 97.6 Å². The Bertz CT molecular complexity index is 668. The first-order valence-corrected chi connectivity index (χ1v) is 5.24. The molecule has 1 aromatic carbocycles. The molecule has 3 rings (SSSR count). The standard InChI is InChI=1S/C12H12N4O/c1-17-7-2-3-8-9(5-14-11(8)4-7)12-10(13)6-15-16-12/h2-6,14H,13H2,1H3,(H,15,16). The molecule has 17 heavy (non-hydrogen) atoms. The first kappa shape index (κ1) is 9.77. The Balaban J connectivity index is 2.22. The van der Waals surface area contributed by atoms with E-state index < -0.39 is 0 Å². The summed E-state index contributed by atoms with van der Waals surface area (Å²) < 4.78 is 5.18. The fourth-order valence-corrected chi connectivity index (χ4v) is 1.95. The number of nitrogens with one attached hydrogen (secondary N) is 2. The molecule has 0 bridgehead atoms. The van der Waals surface area contributed by atoms with Gasteiger partial charge in [0.2, 0.25) is 0 Å². The lowest BCUT2D eigenvalue weighted by atomic mass is 10.1. The summed E-state index contributed by atoms with van der Waals surface area (Å²) in [6.45, 7) is 0. The van der Waals surface area contributed by atoms with Crippen molar-refractivity contribution in [2.24, 2.45) is 0 Å². The molecule has 5 nitrogen and oxygen atoms in total. The SMILES string of the molecule is COc1ccc2c(-c3[nH]ncc3N)c[nH]c2c1. The summed E-state index contributed by atoms with van der Waals surface area (Å²) in [6, 6.07) is 5.87. The van der Waals surface area contributed by atoms with E-state index in [9.17, 15) is 0 Å². The Hall–Kier alpha value is -2.43. The molecule has 0 atom stereocenters. The number of aromatic amines is 2. The number of aromatic nitrogens is 3. The van der Waals surface area contributed by atoms with Crippen molar-refractivity contribution in [2.75, 3.05) is 12.8 Å². The van der Waals surface area contributed by atoms with Crippen LogP contribution in [-0.4, -0.2) is 22.3 Å². The number of benzene rings is 1. The average Bonchev–Trinajstić information content (AvgIpc) is 2.94. The van der Waals surface area contributed by atoms with Gasteiger partial charge >= 0.3 is 0 Å². The van der Waals surface area contributed by atoms with Crippen molar-refractivity contribution in [3.8, 4) is 17.0 Å². The van der Waals surface area contributed by atoms with Gasteiger partial charge in [0.15, 0.2) is 0 Å². The second-order valence-electron chi connectivity index (χ2n) is 3.81. The summed E-state index contributed by atoms with van der Waals surface area (Å²) in [6.07, 6.45) is 3.52. The highest BCUT2D eigenvalue weighted by Gasteiger charge is 2.10. The predicted molar refractivity (Wildman–Crippen MR) is 66.8 cm³/mol. The molecule has 4 N–H and O–H groups in total. The number of methoxy groups -OCH3 is 1. The fraction of sp³-hybridized carbons (Fsp3) is 0.0833. The predicted octanol–water partition coefficient (Wildman–Crippen LogP) is 2.15. The Morgan fingerprint density at radius 3 is 2.94 bits per heavy atom. The van der Waals surface area contributed by atoms with Crippen molar-refractivity contribution < 1.29 is 4.74 Å². The van der Waals surface area contributed by atoms with Crippen LogP contribution in [0.25, 0.3) is 22.2 Å². The molecule has 0 saturated heterocycles. The van der Waals surface area contributed by atoms with Crippen LogP contribution in [0, 0.1) is 0 Å². The second-order valence-corrected chi connectivity index (χ2v) is 3.81. The lowest BCUT2D eigenvalue weighted by Gasteiger charge is -2.00. The monoisotopic (exact) mass is 228 g/mol. The maximum absolute atomic E-state index is 5.85. The Morgan fingerprint density at radius 1 is 1.35 bits per heavy atom. The number of anilines is 1. The van der Waals surface area contributed by atoms with Gasteiger partial charge in [0.1, 0.15) is 5.75 Å². The lowest BCUT2D eigenvalue weighted by Crippen LogP contribution is -1.85. The van der Waals surface area contributed by atoms with Gasteiger partial charge in [0, 0.05) is 28.7 Å². The van der Waals surface area contributed by atoms with Crippen molar-refractivity contribution >= 4 is 16.6 Å². The smallest absolute Gasteiger partial charge is 0.120 e. The topological polar surface area (TPSA) is 79.7 Å². The van der Waals surface area contributed by atoms with E-state index in [0.717, 1.165) is 27.9 Å². The van der Waals surface area contributed by atoms with Gasteiger partial charge < -0.3 is 15.5 Å². The van der Waals surface area contributed by atoms with E-state index in [0.29, 0.717) is 5.69 Å². The molecule has 0 radical (unpaired) electrons. The van der Waals surface area contributed by atoms with Gasteiger partial charge in [0.25, 0.3) is 0 Å². The summed E-state index contributed by atoms with van der Waals surface area (Å²) in [5.41, 5.74) is 9.34. The molecule has 2 aromatic heterocycles. The molecule has 0 aliphatic rings. The first-order valence-electron chi connectivity index (χ1n) is 5.24. The normalized spacial score (nSPS) is 10.9. The number of nitrogens with zero attached hydrogens (tertiary/aromatic N) is 1. The zero-order valence-electron chi connectivity index (χ0n) is 9.32. The molecule has 0 saturated carbocycles. The van der Waals surface area contributed by atoms with E-state index in [1.165, 1.54) is 0 Å². The third-order valence-electron chi connectivity index (χ3n) is 2.83. The summed E-state index contributed by atoms with van der Waals surface area (Å²) in [5, 5.41) is 7.92. The molecule has 3 aromatic rings. The van der Waals surface area contributed by atoms with Crippen molar-refractivity contribution in [1.82, 2.24) is 15.2 Å². The van der Waals surface area contributed by atoms with E-state index >= 15 is 0 Å². The molecule has 0 spiro atoms. The molecule has 0 fully saturated rings. The van der Waals surface area contributed by atoms with E-state index in [4.69, 9.17) is 10.5 Å². The maximum Gasteiger partial charge on any atom is 0.120 e. The van der Waals surface area contributed by atoms with Crippen LogP contribution < -0.4 is 10.5 Å². The van der Waals surface area contributed by atoms with Crippen molar-refractivity contribution in [1.29, 1.82) is 0 Å². The zero-order chi connectivity index (χ0) is 11.8. The lowest BCUT2D eigenvalue weighted by molar-refractivity contribution is 0.415. The van der Waals surface area contributed by atoms with E-state index in [-0.39, 0.29) is 0 Å². The van der Waals surface area contributed by atoms with Crippen LogP contribution in [0.2, 0.25) is 0 Å². The van der Waals surface area contributed by atoms with Gasteiger partial charge in [-0.05, 0) is 12.1 Å². The highest BCUT2D eigenvalue weighted by Crippen LogP contribution is 2.32. The van der Waals surface area contributed by atoms with Crippen molar-refractivity contribution in [2.45, 2.75) is 0 Å². The van der Waals surface area contributed by atoms with Crippen LogP contribution >= 0.6 is 0 Å². The quantitative estimate of drug-likeness (QED) is 0.628. The van der Waals surface area contributed by atoms with Crippen LogP contribution in [0.1, 0.15) is 0 Å². The van der Waals surface area contributed by atoms with Crippen LogP contribution in [0.3, 0.4) is 0 Å². The van der Waals surface area contributed by atoms with Gasteiger partial charge in [-0.1, -0.05) is 0 Å². The van der Waals surface area contributed by atoms with Crippen LogP contribution in [0.15, 0.2) is 30.6 Å². The number of nitrogen functional groups attached to an aromatic ring is 1. The number of rotatable bonds is 2. The van der Waals surface area contributed by atoms with E-state index in [1.807, 2.05) is 24.4 Å². The van der Waals surface area contributed by atoms with E-state index in [2.05, 4.69) is 15.2 Å². The number of fused-ring (bicyclic) bond motifs is 1. The molecule has 5 heteroatoms. The number of hydrogen-bond donors (Lipinski definition) is 3. The molecule has 0 aliphatic heterocycles. The second kappa shape index (κ2) is 3.55. The van der Waals surface area contributed by atoms with Crippen LogP contribution in [0.5, 0.6) is 5.75 Å². The van der Waals surface area contributed by atoms with Crippen molar-refractivity contribution in [3.05, 3.63) is 30.6 Å². The van der Waals surface area contributed by atoms with Gasteiger partial charge in [0.05, 0.1) is 24.7 Å². The van der Waals surface area contributed by atoms with Gasteiger partial charge in [-0.3, -0.25) is 5.10 Å². The van der Waals surface area contributed by atoms with E-state index in [1.54, 1.807) is 13.3 Å². The van der Waals surface area contributed by atoms with Crippen LogP contribution in [-0.2, 0) is 0 Å². The molecule has 0 amide bonds. The molecular formula is C12H12N4O. The summed E-state index contributed by atoms with van der Waals surface area (Å²) in [7, 11) is 1.65. The maximum atomic E-state index is 5.85. The third-order valence-corrected chi connectivity index (χ3v) is 2.83. The number of hydrogen-bond acceptors (Lipinski definition) is 3. The summed E-state index contributed by atoms with van der Waals surface area (Å²) in [4.78, 5) is 3.20. The Morgan fingerprint density at radius 2 is 2.24 bits per heavy atom. The van der Waals surface area contributed by atoms with Gasteiger partial charge in [-0.25, -0.2) is 0 Å². The fourth-order valence-electron chi connectivity index (χ4n) is 1.95. The van der Waals surface area contributed by atoms with Crippen molar-refractivity contribution in [3.63, 3.8) is 0 Å². The molecule has 0 unspecified atom stereocenters. The molecular weight excluding hydrogens is 216 g/mol. The third kappa shape index (κ3) is 1.44. The zero-order valence-corrected chi connectivity index (χ0v) is 9.32. The highest BCUT2D eigenvalue weighted by atomic mass is 16.5.